The van der Waals surface area contributed by atoms with Crippen molar-refractivity contribution in [1.29, 1.82) is 0 Å². The van der Waals surface area contributed by atoms with Gasteiger partial charge in [0.05, 0.1) is 5.60 Å². The van der Waals surface area contributed by atoms with Crippen molar-refractivity contribution in [3.63, 3.8) is 0 Å². The molecular formula is C15H23NO2S. The molecule has 0 aromatic heterocycles. The van der Waals surface area contributed by atoms with E-state index in [1.807, 2.05) is 30.5 Å². The number of benzene rings is 1. The quantitative estimate of drug-likeness (QED) is 0.807. The second kappa shape index (κ2) is 7.56. The molecule has 1 aromatic rings. The number of nitrogens with one attached hydrogen (secondary N) is 1. The van der Waals surface area contributed by atoms with Crippen LogP contribution in [-0.4, -0.2) is 35.2 Å². The maximum Gasteiger partial charge on any atom is 0.251 e. The largest absolute Gasteiger partial charge is 0.387 e. The van der Waals surface area contributed by atoms with Gasteiger partial charge in [-0.1, -0.05) is 25.5 Å². The summed E-state index contributed by atoms with van der Waals surface area (Å²) in [6.45, 7) is 4.13. The highest BCUT2D eigenvalue weighted by Gasteiger charge is 2.20. The number of carbonyl (C=O) groups excluding carboxylic acids is 1. The molecule has 19 heavy (non-hydrogen) atoms. The third kappa shape index (κ3) is 5.66. The zero-order valence-corrected chi connectivity index (χ0v) is 12.7. The average molecular weight is 281 g/mol. The van der Waals surface area contributed by atoms with Crippen LogP contribution in [0.25, 0.3) is 0 Å². The predicted octanol–water partition coefficient (Wildman–Crippen LogP) is 2.48. The van der Waals surface area contributed by atoms with E-state index in [0.717, 1.165) is 12.8 Å². The second-order valence-corrected chi connectivity index (χ2v) is 5.93. The molecule has 0 saturated carbocycles. The lowest BCUT2D eigenvalue weighted by Gasteiger charge is -2.22. The lowest BCUT2D eigenvalue weighted by molar-refractivity contribution is 0.0725. The summed E-state index contributed by atoms with van der Waals surface area (Å²) in [5.41, 5.74) is 1.02. The summed E-state index contributed by atoms with van der Waals surface area (Å²) in [6.07, 6.45) is 4.07. The molecule has 0 aliphatic carbocycles. The van der Waals surface area contributed by atoms with Crippen molar-refractivity contribution in [1.82, 2.24) is 5.32 Å². The number of rotatable bonds is 7. The van der Waals surface area contributed by atoms with Gasteiger partial charge in [-0.15, -0.1) is 0 Å². The van der Waals surface area contributed by atoms with Gasteiger partial charge in [-0.3, -0.25) is 4.79 Å². The highest BCUT2D eigenvalue weighted by molar-refractivity contribution is 7.98. The van der Waals surface area contributed by atoms with Gasteiger partial charge in [-0.25, -0.2) is 0 Å². The molecule has 2 N–H and O–H groups in total. The molecule has 1 atom stereocenters. The van der Waals surface area contributed by atoms with Crippen LogP contribution in [0.4, 0.5) is 0 Å². The summed E-state index contributed by atoms with van der Waals surface area (Å²) in [7, 11) is 0. The summed E-state index contributed by atoms with van der Waals surface area (Å²) in [5.74, 6) is 0.465. The highest BCUT2D eigenvalue weighted by Crippen LogP contribution is 2.10. The zero-order chi connectivity index (χ0) is 14.3. The van der Waals surface area contributed by atoms with Gasteiger partial charge in [0.25, 0.3) is 5.91 Å². The Morgan fingerprint density at radius 3 is 2.53 bits per heavy atom. The lowest BCUT2D eigenvalue weighted by atomic mass is 10.1. The molecule has 0 unspecified atom stereocenters. The first kappa shape index (κ1) is 16.1. The van der Waals surface area contributed by atoms with E-state index in [0.29, 0.717) is 11.3 Å². The van der Waals surface area contributed by atoms with Crippen LogP contribution in [0.3, 0.4) is 0 Å². The third-order valence-electron chi connectivity index (χ3n) is 2.84. The number of hydrogen-bond donors (Lipinski definition) is 2. The van der Waals surface area contributed by atoms with Crippen LogP contribution in [0.1, 0.15) is 36.2 Å². The van der Waals surface area contributed by atoms with Crippen molar-refractivity contribution in [2.45, 2.75) is 32.3 Å². The van der Waals surface area contributed by atoms with Crippen LogP contribution in [0.15, 0.2) is 24.3 Å². The van der Waals surface area contributed by atoms with Gasteiger partial charge in [0, 0.05) is 17.9 Å². The minimum absolute atomic E-state index is 0.135. The standard InChI is InChI=1S/C15H23NO2S/c1-4-5-12-6-8-13(9-7-12)14(17)16-10-15(2,18)11-19-3/h6-9,18H,4-5,10-11H2,1-3H3,(H,16,17)/t15-/m0/s1. The van der Waals surface area contributed by atoms with Crippen LogP contribution >= 0.6 is 11.8 Å². The molecule has 4 heteroatoms. The first-order valence-corrected chi connectivity index (χ1v) is 7.96. The van der Waals surface area contributed by atoms with E-state index in [9.17, 15) is 9.90 Å². The smallest absolute Gasteiger partial charge is 0.251 e. The van der Waals surface area contributed by atoms with E-state index in [1.54, 1.807) is 18.7 Å². The molecule has 106 valence electrons. The van der Waals surface area contributed by atoms with E-state index >= 15 is 0 Å². The van der Waals surface area contributed by atoms with Crippen LogP contribution in [-0.2, 0) is 6.42 Å². The van der Waals surface area contributed by atoms with Gasteiger partial charge in [0.1, 0.15) is 0 Å². The number of hydrogen-bond acceptors (Lipinski definition) is 3. The van der Waals surface area contributed by atoms with E-state index in [-0.39, 0.29) is 12.5 Å². The lowest BCUT2D eigenvalue weighted by Crippen LogP contribution is -2.42. The van der Waals surface area contributed by atoms with Crippen molar-refractivity contribution >= 4 is 17.7 Å². The molecular weight excluding hydrogens is 258 g/mol. The highest BCUT2D eigenvalue weighted by atomic mass is 32.2. The van der Waals surface area contributed by atoms with E-state index in [4.69, 9.17) is 0 Å². The summed E-state index contributed by atoms with van der Waals surface area (Å²) < 4.78 is 0. The molecule has 0 heterocycles. The van der Waals surface area contributed by atoms with Gasteiger partial charge in [0.15, 0.2) is 0 Å². The Kier molecular flexibility index (Phi) is 6.38. The third-order valence-corrected chi connectivity index (χ3v) is 3.75. The number of amides is 1. The summed E-state index contributed by atoms with van der Waals surface area (Å²) in [5, 5.41) is 12.8. The molecule has 1 rings (SSSR count). The zero-order valence-electron chi connectivity index (χ0n) is 11.9. The minimum Gasteiger partial charge on any atom is -0.387 e. The minimum atomic E-state index is -0.864. The van der Waals surface area contributed by atoms with Crippen molar-refractivity contribution in [3.8, 4) is 0 Å². The Bertz CT molecular complexity index is 401. The monoisotopic (exact) mass is 281 g/mol. The van der Waals surface area contributed by atoms with E-state index in [2.05, 4.69) is 12.2 Å². The summed E-state index contributed by atoms with van der Waals surface area (Å²) in [4.78, 5) is 11.9. The predicted molar refractivity (Wildman–Crippen MR) is 81.8 cm³/mol. The Morgan fingerprint density at radius 2 is 2.00 bits per heavy atom. The molecule has 1 amide bonds. The van der Waals surface area contributed by atoms with Crippen LogP contribution in [0.5, 0.6) is 0 Å². The van der Waals surface area contributed by atoms with E-state index < -0.39 is 5.60 Å². The normalized spacial score (nSPS) is 13.9. The summed E-state index contributed by atoms with van der Waals surface area (Å²) >= 11 is 1.56. The molecule has 0 aliphatic rings. The van der Waals surface area contributed by atoms with Crippen LogP contribution in [0, 0.1) is 0 Å². The SMILES string of the molecule is CCCc1ccc(C(=O)NC[C@](C)(O)CSC)cc1. The number of thioether (sulfide) groups is 1. The number of aliphatic hydroxyl groups is 1. The Balaban J connectivity index is 2.53. The molecule has 1 aromatic carbocycles. The first-order valence-electron chi connectivity index (χ1n) is 6.57. The van der Waals surface area contributed by atoms with Crippen molar-refractivity contribution < 1.29 is 9.90 Å². The van der Waals surface area contributed by atoms with Crippen molar-refractivity contribution in [2.75, 3.05) is 18.6 Å². The van der Waals surface area contributed by atoms with E-state index in [1.165, 1.54) is 5.56 Å². The first-order chi connectivity index (χ1) is 8.98. The molecule has 0 spiro atoms. The molecule has 0 aliphatic heterocycles. The Morgan fingerprint density at radius 1 is 1.37 bits per heavy atom. The topological polar surface area (TPSA) is 49.3 Å². The fourth-order valence-corrected chi connectivity index (χ4v) is 2.57. The van der Waals surface area contributed by atoms with Crippen LogP contribution < -0.4 is 5.32 Å². The maximum atomic E-state index is 11.9. The number of aryl methyl sites for hydroxylation is 1. The fourth-order valence-electron chi connectivity index (χ4n) is 1.85. The Labute approximate surface area is 119 Å². The van der Waals surface area contributed by atoms with Crippen molar-refractivity contribution in [2.24, 2.45) is 0 Å². The van der Waals surface area contributed by atoms with Gasteiger partial charge >= 0.3 is 0 Å². The van der Waals surface area contributed by atoms with Gasteiger partial charge in [-0.2, -0.15) is 11.8 Å². The molecule has 0 bridgehead atoms. The average Bonchev–Trinajstić information content (AvgIpc) is 2.37. The second-order valence-electron chi connectivity index (χ2n) is 5.06. The molecule has 0 fully saturated rings. The fraction of sp³-hybridized carbons (Fsp3) is 0.533. The van der Waals surface area contributed by atoms with Crippen molar-refractivity contribution in [3.05, 3.63) is 35.4 Å². The Hall–Kier alpha value is -1.00. The van der Waals surface area contributed by atoms with Gasteiger partial charge in [-0.05, 0) is 37.3 Å². The molecule has 0 saturated heterocycles. The van der Waals surface area contributed by atoms with Crippen LogP contribution in [0.2, 0.25) is 0 Å². The maximum absolute atomic E-state index is 11.9. The number of carbonyl (C=O) groups is 1. The molecule has 0 radical (unpaired) electrons. The van der Waals surface area contributed by atoms with Gasteiger partial charge < -0.3 is 10.4 Å². The molecule has 3 nitrogen and oxygen atoms in total. The van der Waals surface area contributed by atoms with Gasteiger partial charge in [0.2, 0.25) is 0 Å². The summed E-state index contributed by atoms with van der Waals surface area (Å²) in [6, 6.07) is 7.64.